The van der Waals surface area contributed by atoms with Gasteiger partial charge in [0.1, 0.15) is 0 Å². The van der Waals surface area contributed by atoms with Gasteiger partial charge in [0, 0.05) is 11.1 Å². The van der Waals surface area contributed by atoms with E-state index in [2.05, 4.69) is 47.1 Å². The molecule has 16 heavy (non-hydrogen) atoms. The molecule has 0 aliphatic carbocycles. The Kier molecular flexibility index (Phi) is 3.63. The summed E-state index contributed by atoms with van der Waals surface area (Å²) >= 11 is 3.94. The molecule has 0 aliphatic rings. The summed E-state index contributed by atoms with van der Waals surface area (Å²) in [6.45, 7) is 0. The molecule has 0 spiro atoms. The van der Waals surface area contributed by atoms with E-state index in [4.69, 9.17) is 0 Å². The first kappa shape index (κ1) is 10.8. The molecule has 0 amide bonds. The molecule has 0 atom stereocenters. The van der Waals surface area contributed by atoms with E-state index in [0.717, 1.165) is 11.1 Å². The molecule has 0 unspecified atom stereocenters. The summed E-state index contributed by atoms with van der Waals surface area (Å²) in [7, 11) is 0. The zero-order valence-corrected chi connectivity index (χ0v) is 9.64. The predicted molar refractivity (Wildman–Crippen MR) is 71.0 cm³/mol. The van der Waals surface area contributed by atoms with E-state index in [1.807, 2.05) is 36.4 Å². The quantitative estimate of drug-likeness (QED) is 0.583. The number of hydrogen-bond acceptors (Lipinski definition) is 1. The molecule has 0 heterocycles. The Morgan fingerprint density at radius 3 is 1.62 bits per heavy atom. The first-order valence-corrected chi connectivity index (χ1v) is 5.55. The van der Waals surface area contributed by atoms with Crippen LogP contribution in [0.15, 0.2) is 60.7 Å². The van der Waals surface area contributed by atoms with Gasteiger partial charge in [-0.2, -0.15) is 0 Å². The lowest BCUT2D eigenvalue weighted by molar-refractivity contribution is 1.02. The minimum Gasteiger partial charge on any atom is -0.0622 e. The Morgan fingerprint density at radius 2 is 1.25 bits per heavy atom. The van der Waals surface area contributed by atoms with Crippen LogP contribution in [0.1, 0.15) is 17.2 Å². The van der Waals surface area contributed by atoms with E-state index in [1.165, 1.54) is 0 Å². The van der Waals surface area contributed by atoms with Crippen molar-refractivity contribution >= 4 is 12.6 Å². The molecule has 2 aromatic carbocycles. The molecule has 0 radical (unpaired) electrons. The molecule has 2 rings (SSSR count). The number of nitrogens with zero attached hydrogens (tertiary/aromatic N) is 1. The molecule has 0 aliphatic heterocycles. The van der Waals surface area contributed by atoms with Crippen molar-refractivity contribution in [1.82, 2.24) is 0 Å². The summed E-state index contributed by atoms with van der Waals surface area (Å²) in [6, 6.07) is 20.3. The van der Waals surface area contributed by atoms with Crippen molar-refractivity contribution in [3.63, 3.8) is 0 Å². The van der Waals surface area contributed by atoms with Gasteiger partial charge in [0.15, 0.2) is 0 Å². The Bertz CT molecular complexity index is 457. The van der Waals surface area contributed by atoms with Crippen LogP contribution in [0.5, 0.6) is 0 Å². The van der Waals surface area contributed by atoms with Crippen molar-refractivity contribution < 1.29 is 0 Å². The Labute approximate surface area is 101 Å². The molecule has 2 heteroatoms. The van der Waals surface area contributed by atoms with E-state index in [9.17, 15) is 0 Å². The van der Waals surface area contributed by atoms with Crippen molar-refractivity contribution in [2.75, 3.05) is 0 Å². The maximum atomic E-state index is 4.28. The van der Waals surface area contributed by atoms with E-state index in [-0.39, 0.29) is 6.04 Å². The van der Waals surface area contributed by atoms with Crippen molar-refractivity contribution in [2.24, 2.45) is 0 Å². The predicted octanol–water partition coefficient (Wildman–Crippen LogP) is 4.00. The van der Waals surface area contributed by atoms with Gasteiger partial charge < -0.3 is 0 Å². The maximum absolute atomic E-state index is 4.28. The second-order valence-corrected chi connectivity index (χ2v) is 3.65. The summed E-state index contributed by atoms with van der Waals surface area (Å²) in [4.78, 5) is 4.28. The normalized spacial score (nSPS) is 9.62. The fourth-order valence-corrected chi connectivity index (χ4v) is 1.79. The van der Waals surface area contributed by atoms with Gasteiger partial charge in [0.05, 0.1) is 0 Å². The SMILES string of the molecule is SC#[N+]C(c1ccccc1)c1ccccc1. The molecule has 0 saturated carbocycles. The van der Waals surface area contributed by atoms with Crippen molar-refractivity contribution in [2.45, 2.75) is 6.04 Å². The van der Waals surface area contributed by atoms with Crippen LogP contribution in [0.2, 0.25) is 0 Å². The summed E-state index contributed by atoms with van der Waals surface area (Å²) in [5, 5.41) is 2.58. The summed E-state index contributed by atoms with van der Waals surface area (Å²) in [6.07, 6.45) is 0. The molecule has 78 valence electrons. The second kappa shape index (κ2) is 5.39. The highest BCUT2D eigenvalue weighted by atomic mass is 32.1. The second-order valence-electron chi connectivity index (χ2n) is 3.45. The molecule has 0 saturated heterocycles. The highest BCUT2D eigenvalue weighted by molar-refractivity contribution is 7.85. The largest absolute Gasteiger partial charge is 0.344 e. The molecule has 0 fully saturated rings. The van der Waals surface area contributed by atoms with Crippen molar-refractivity contribution in [3.05, 3.63) is 76.6 Å². The van der Waals surface area contributed by atoms with Crippen LogP contribution < -0.4 is 0 Å². The molecule has 0 N–H and O–H groups in total. The molecular weight excluding hydrogens is 214 g/mol. The minimum atomic E-state index is -0.0140. The maximum Gasteiger partial charge on any atom is 0.344 e. The monoisotopic (exact) mass is 226 g/mol. The smallest absolute Gasteiger partial charge is 0.0622 e. The topological polar surface area (TPSA) is 4.36 Å². The lowest BCUT2D eigenvalue weighted by atomic mass is 10.00. The minimum absolute atomic E-state index is 0.0140. The van der Waals surface area contributed by atoms with Gasteiger partial charge in [0.2, 0.25) is 0 Å². The van der Waals surface area contributed by atoms with Crippen LogP contribution in [-0.2, 0) is 0 Å². The Balaban J connectivity index is 2.42. The van der Waals surface area contributed by atoms with Gasteiger partial charge >= 0.3 is 11.4 Å². The first-order valence-electron chi connectivity index (χ1n) is 5.10. The molecule has 0 bridgehead atoms. The lowest BCUT2D eigenvalue weighted by Gasteiger charge is -2.01. The van der Waals surface area contributed by atoms with Crippen molar-refractivity contribution in [1.29, 1.82) is 0 Å². The van der Waals surface area contributed by atoms with Crippen LogP contribution >= 0.6 is 12.6 Å². The fourth-order valence-electron chi connectivity index (χ4n) is 1.67. The van der Waals surface area contributed by atoms with Gasteiger partial charge in [0.25, 0.3) is 0 Å². The van der Waals surface area contributed by atoms with Crippen LogP contribution in [-0.4, -0.2) is 0 Å². The van der Waals surface area contributed by atoms with Crippen LogP contribution in [0.3, 0.4) is 0 Å². The Morgan fingerprint density at radius 1 is 0.812 bits per heavy atom. The average Bonchev–Trinajstić information content (AvgIpc) is 2.38. The number of thiocyanates is 1. The van der Waals surface area contributed by atoms with Gasteiger partial charge in [-0.25, -0.2) is 0 Å². The number of rotatable bonds is 2. The average molecular weight is 226 g/mol. The third-order valence-corrected chi connectivity index (χ3v) is 2.53. The van der Waals surface area contributed by atoms with Gasteiger partial charge in [-0.05, 0) is 12.6 Å². The first-order chi connectivity index (χ1) is 7.92. The fraction of sp³-hybridized carbons (Fsp3) is 0.0714. The van der Waals surface area contributed by atoms with Gasteiger partial charge in [-0.15, -0.1) is 0 Å². The zero-order valence-electron chi connectivity index (χ0n) is 8.75. The third-order valence-electron chi connectivity index (χ3n) is 2.42. The standard InChI is InChI=1S/C14H11NS/c16-11-15-14(12-7-3-1-4-8-12)13-9-5-2-6-10-13/h1-10,14H/p+1. The number of benzene rings is 2. The van der Waals surface area contributed by atoms with Crippen LogP contribution in [0, 0.1) is 5.40 Å². The highest BCUT2D eigenvalue weighted by Gasteiger charge is 2.21. The van der Waals surface area contributed by atoms with E-state index < -0.39 is 0 Å². The van der Waals surface area contributed by atoms with Crippen molar-refractivity contribution in [3.8, 4) is 5.40 Å². The molecule has 1 nitrogen and oxygen atoms in total. The summed E-state index contributed by atoms with van der Waals surface area (Å²) < 4.78 is 0. The summed E-state index contributed by atoms with van der Waals surface area (Å²) in [5.74, 6) is 0. The summed E-state index contributed by atoms with van der Waals surface area (Å²) in [5.41, 5.74) is 2.30. The van der Waals surface area contributed by atoms with E-state index in [1.54, 1.807) is 0 Å². The van der Waals surface area contributed by atoms with Gasteiger partial charge in [-0.1, -0.05) is 65.5 Å². The number of thiol groups is 1. The van der Waals surface area contributed by atoms with E-state index >= 15 is 0 Å². The van der Waals surface area contributed by atoms with Crippen LogP contribution in [0.4, 0.5) is 0 Å². The van der Waals surface area contributed by atoms with Crippen LogP contribution in [0.25, 0.3) is 4.85 Å². The Hall–Kier alpha value is -1.72. The number of hydrogen-bond donors (Lipinski definition) is 1. The zero-order chi connectivity index (χ0) is 11.2. The highest BCUT2D eigenvalue weighted by Crippen LogP contribution is 2.25. The van der Waals surface area contributed by atoms with E-state index in [0.29, 0.717) is 0 Å². The molecular formula is C14H12NS+. The lowest BCUT2D eigenvalue weighted by Crippen LogP contribution is -1.94. The van der Waals surface area contributed by atoms with Gasteiger partial charge in [-0.3, -0.25) is 0 Å². The molecule has 0 aromatic heterocycles. The third kappa shape index (κ3) is 2.44. The molecule has 2 aromatic rings.